The summed E-state index contributed by atoms with van der Waals surface area (Å²) in [6, 6.07) is 18.3. The normalized spacial score (nSPS) is 18.7. The maximum Gasteiger partial charge on any atom is 0.407 e. The second kappa shape index (κ2) is 18.5. The number of likely N-dealkylation sites (tertiary alicyclic amines) is 2. The Morgan fingerprint density at radius 1 is 0.746 bits per heavy atom. The van der Waals surface area contributed by atoms with E-state index >= 15 is 0 Å². The summed E-state index contributed by atoms with van der Waals surface area (Å²) < 4.78 is 18.9. The number of nitrogens with zero attached hydrogens (tertiary/aromatic N) is 5. The Morgan fingerprint density at radius 2 is 1.27 bits per heavy atom. The molecule has 17 heteroatoms. The van der Waals surface area contributed by atoms with E-state index in [0.29, 0.717) is 35.5 Å². The van der Waals surface area contributed by atoms with Crippen molar-refractivity contribution >= 4 is 46.5 Å². The molecule has 4 amide bonds. The fourth-order valence-corrected chi connectivity index (χ4v) is 10.1. The zero-order valence-corrected chi connectivity index (χ0v) is 39.4. The number of alkyl carbamates (subject to hydrolysis) is 2. The Kier molecular flexibility index (Phi) is 12.5. The van der Waals surface area contributed by atoms with Gasteiger partial charge in [0.2, 0.25) is 11.8 Å². The van der Waals surface area contributed by atoms with Gasteiger partial charge in [-0.05, 0) is 79.5 Å². The Hall–Kier alpha value is -6.81. The molecule has 350 valence electrons. The van der Waals surface area contributed by atoms with Gasteiger partial charge in [0.1, 0.15) is 29.5 Å². The van der Waals surface area contributed by atoms with Crippen molar-refractivity contribution in [2.75, 3.05) is 27.3 Å². The lowest BCUT2D eigenvalue weighted by molar-refractivity contribution is -0.136. The molecule has 6 heterocycles. The molecule has 3 aliphatic heterocycles. The van der Waals surface area contributed by atoms with E-state index in [1.54, 1.807) is 11.1 Å². The molecule has 2 fully saturated rings. The van der Waals surface area contributed by atoms with E-state index in [1.807, 2.05) is 69.1 Å². The van der Waals surface area contributed by atoms with Gasteiger partial charge in [0.05, 0.1) is 55.8 Å². The third-order valence-corrected chi connectivity index (χ3v) is 13.7. The fourth-order valence-electron chi connectivity index (χ4n) is 9.96. The zero-order chi connectivity index (χ0) is 47.3. The SMILES string of the molecule is COC(=O)NC(C(=O)N1CCCC1c1ncc(-c2ccc3c(c2)OC(c2ccc(Cl)cc2)c2c-3n(C)c3ccc(-c4cnc(C5CCCN5C(=O)C(NC(=O)OC)C(C)C)[nH]4)cc23)[nH]1)C(C)C. The van der Waals surface area contributed by atoms with Crippen LogP contribution in [0, 0.1) is 11.8 Å². The minimum Gasteiger partial charge on any atom is -0.480 e. The molecular formula is C50H56ClN9O7. The van der Waals surface area contributed by atoms with Gasteiger partial charge in [0, 0.05) is 58.3 Å². The third-order valence-electron chi connectivity index (χ3n) is 13.5. The molecule has 0 saturated carbocycles. The van der Waals surface area contributed by atoms with Crippen LogP contribution in [0.3, 0.4) is 0 Å². The molecule has 16 nitrogen and oxygen atoms in total. The van der Waals surface area contributed by atoms with Crippen molar-refractivity contribution < 1.29 is 33.4 Å². The summed E-state index contributed by atoms with van der Waals surface area (Å²) in [5.41, 5.74) is 8.33. The molecule has 0 spiro atoms. The van der Waals surface area contributed by atoms with Gasteiger partial charge in [-0.2, -0.15) is 0 Å². The standard InChI is InChI=1S/C50H56ClN9O7/c1-26(2)41(56-49(63)65-6)47(61)59-20-8-10-37(59)45-52-24-34(54-45)29-15-19-36-33(22-29)40-43(58(36)5)32-18-14-30(23-39(32)67-44(40)28-12-16-31(51)17-13-28)35-25-53-46(55-35)38-11-9-21-60(38)48(62)42(27(3)4)57-50(64)66-7/h12-19,22-27,37-38,41-42,44H,8-11,20-21H2,1-7H3,(H,52,54)(H,53,55)(H,56,63)(H,57,64). The van der Waals surface area contributed by atoms with Crippen molar-refractivity contribution in [3.8, 4) is 39.5 Å². The van der Waals surface area contributed by atoms with Crippen LogP contribution in [0.25, 0.3) is 44.7 Å². The number of amides is 4. The monoisotopic (exact) mass is 929 g/mol. The molecule has 0 aliphatic carbocycles. The number of halogens is 1. The van der Waals surface area contributed by atoms with Gasteiger partial charge in [-0.1, -0.05) is 63.6 Å². The highest BCUT2D eigenvalue weighted by molar-refractivity contribution is 6.30. The quantitative estimate of drug-likeness (QED) is 0.0984. The Balaban J connectivity index is 1.04. The summed E-state index contributed by atoms with van der Waals surface area (Å²) in [5.74, 6) is 1.46. The van der Waals surface area contributed by atoms with E-state index < -0.39 is 30.4 Å². The smallest absolute Gasteiger partial charge is 0.407 e. The Morgan fingerprint density at radius 3 is 1.79 bits per heavy atom. The number of nitrogens with one attached hydrogen (secondary N) is 4. The molecular weight excluding hydrogens is 874 g/mol. The predicted molar refractivity (Wildman–Crippen MR) is 253 cm³/mol. The number of ether oxygens (including phenoxy) is 3. The summed E-state index contributed by atoms with van der Waals surface area (Å²) in [4.78, 5) is 72.2. The Labute approximate surface area is 393 Å². The molecule has 5 unspecified atom stereocenters. The van der Waals surface area contributed by atoms with Crippen LogP contribution in [-0.4, -0.2) is 97.7 Å². The van der Waals surface area contributed by atoms with Gasteiger partial charge in [-0.3, -0.25) is 9.59 Å². The van der Waals surface area contributed by atoms with Crippen LogP contribution in [0.4, 0.5) is 9.59 Å². The topological polar surface area (TPSA) is 189 Å². The fraction of sp³-hybridized carbons (Fsp3) is 0.400. The number of fused-ring (bicyclic) bond motifs is 5. The zero-order valence-electron chi connectivity index (χ0n) is 38.7. The molecule has 0 bridgehead atoms. The van der Waals surface area contributed by atoms with Crippen LogP contribution in [0.15, 0.2) is 73.1 Å². The van der Waals surface area contributed by atoms with Gasteiger partial charge < -0.3 is 49.2 Å². The molecule has 4 N–H and O–H groups in total. The maximum absolute atomic E-state index is 13.8. The van der Waals surface area contributed by atoms with E-state index in [2.05, 4.69) is 62.5 Å². The molecule has 6 aromatic rings. The average molecular weight is 931 g/mol. The number of aromatic amines is 2. The van der Waals surface area contributed by atoms with E-state index in [4.69, 9.17) is 35.8 Å². The van der Waals surface area contributed by atoms with Crippen LogP contribution in [-0.2, 0) is 26.1 Å². The summed E-state index contributed by atoms with van der Waals surface area (Å²) in [6.45, 7) is 8.71. The van der Waals surface area contributed by atoms with Gasteiger partial charge in [0.15, 0.2) is 6.10 Å². The highest BCUT2D eigenvalue weighted by atomic mass is 35.5. The van der Waals surface area contributed by atoms with Crippen molar-refractivity contribution in [2.24, 2.45) is 18.9 Å². The number of aromatic nitrogens is 5. The van der Waals surface area contributed by atoms with E-state index in [1.165, 1.54) is 14.2 Å². The van der Waals surface area contributed by atoms with E-state index in [-0.39, 0.29) is 35.7 Å². The number of H-pyrrole nitrogens is 2. The lowest BCUT2D eigenvalue weighted by Crippen LogP contribution is -2.51. The minimum atomic E-state index is -0.729. The number of methoxy groups -OCH3 is 2. The molecule has 3 aromatic heterocycles. The summed E-state index contributed by atoms with van der Waals surface area (Å²) in [7, 11) is 4.65. The number of benzene rings is 3. The largest absolute Gasteiger partial charge is 0.480 e. The number of carbonyl (C=O) groups is 4. The highest BCUT2D eigenvalue weighted by Crippen LogP contribution is 2.50. The molecule has 2 saturated heterocycles. The molecule has 67 heavy (non-hydrogen) atoms. The number of imidazole rings is 2. The van der Waals surface area contributed by atoms with E-state index in [0.717, 1.165) is 81.5 Å². The number of rotatable bonds is 11. The maximum atomic E-state index is 13.8. The minimum absolute atomic E-state index is 0.139. The number of hydrogen-bond donors (Lipinski definition) is 4. The first kappa shape index (κ1) is 45.4. The number of hydrogen-bond acceptors (Lipinski definition) is 9. The molecule has 0 radical (unpaired) electrons. The van der Waals surface area contributed by atoms with Crippen LogP contribution in [0.2, 0.25) is 5.02 Å². The van der Waals surface area contributed by atoms with Crippen LogP contribution >= 0.6 is 11.6 Å². The van der Waals surface area contributed by atoms with Crippen molar-refractivity contribution in [3.05, 3.63) is 101 Å². The second-order valence-electron chi connectivity index (χ2n) is 18.3. The highest BCUT2D eigenvalue weighted by Gasteiger charge is 2.40. The van der Waals surface area contributed by atoms with Crippen molar-refractivity contribution in [1.82, 2.24) is 44.9 Å². The van der Waals surface area contributed by atoms with Gasteiger partial charge in [0.25, 0.3) is 0 Å². The summed E-state index contributed by atoms with van der Waals surface area (Å²) >= 11 is 6.42. The molecule has 3 aromatic carbocycles. The first-order chi connectivity index (χ1) is 32.3. The van der Waals surface area contributed by atoms with E-state index in [9.17, 15) is 19.2 Å². The van der Waals surface area contributed by atoms with Gasteiger partial charge in [-0.15, -0.1) is 0 Å². The lowest BCUT2D eigenvalue weighted by atomic mass is 9.91. The predicted octanol–water partition coefficient (Wildman–Crippen LogP) is 8.85. The third kappa shape index (κ3) is 8.47. The number of carbonyl (C=O) groups excluding carboxylic acids is 4. The molecule has 9 rings (SSSR count). The molecule has 5 atom stereocenters. The van der Waals surface area contributed by atoms with Crippen LogP contribution < -0.4 is 15.4 Å². The average Bonchev–Trinajstić information content (AvgIpc) is 4.19. The molecule has 3 aliphatic rings. The van der Waals surface area contributed by atoms with Crippen LogP contribution in [0.1, 0.15) is 94.3 Å². The van der Waals surface area contributed by atoms with Gasteiger partial charge in [-0.25, -0.2) is 19.6 Å². The van der Waals surface area contributed by atoms with Gasteiger partial charge >= 0.3 is 12.2 Å². The second-order valence-corrected chi connectivity index (χ2v) is 18.7. The first-order valence-electron chi connectivity index (χ1n) is 22.9. The Bertz CT molecular complexity index is 2850. The number of aryl methyl sites for hydroxylation is 1. The lowest BCUT2D eigenvalue weighted by Gasteiger charge is -2.30. The van der Waals surface area contributed by atoms with Crippen molar-refractivity contribution in [1.29, 1.82) is 0 Å². The summed E-state index contributed by atoms with van der Waals surface area (Å²) in [6.07, 6.45) is 4.95. The van der Waals surface area contributed by atoms with Crippen LogP contribution in [0.5, 0.6) is 5.75 Å². The summed E-state index contributed by atoms with van der Waals surface area (Å²) in [5, 5.41) is 7.08. The first-order valence-corrected chi connectivity index (χ1v) is 23.2. The van der Waals surface area contributed by atoms with Crippen molar-refractivity contribution in [3.63, 3.8) is 0 Å². The van der Waals surface area contributed by atoms with Crippen molar-refractivity contribution in [2.45, 2.75) is 83.6 Å².